The quantitative estimate of drug-likeness (QED) is 0.555. The Morgan fingerprint density at radius 3 is 2.35 bits per heavy atom. The average Bonchev–Trinajstić information content (AvgIpc) is 2.83. The largest absolute Gasteiger partial charge is 0.465 e. The molecule has 1 aliphatic rings. The zero-order chi connectivity index (χ0) is 24.9. The molecule has 0 saturated carbocycles. The van der Waals surface area contributed by atoms with Crippen molar-refractivity contribution in [3.05, 3.63) is 59.2 Å². The smallest absolute Gasteiger partial charge is 0.410 e. The number of nitrogens with zero attached hydrogens (tertiary/aromatic N) is 2. The molecule has 1 aliphatic heterocycles. The SMILES string of the molecule is COC(=O)c1cc(-c2cccc(C#N)c2)cc(C(OC)C2CCN(C(=O)OC(C)(C)C)CC2)c1. The minimum atomic E-state index is -0.531. The molecule has 0 N–H and O–H groups in total. The van der Waals surface area contributed by atoms with E-state index in [9.17, 15) is 14.9 Å². The molecule has 180 valence electrons. The molecular formula is C27H32N2O5. The normalized spacial score (nSPS) is 15.4. The molecule has 1 saturated heterocycles. The molecule has 3 rings (SSSR count). The highest BCUT2D eigenvalue weighted by Gasteiger charge is 2.32. The predicted octanol–water partition coefficient (Wildman–Crippen LogP) is 5.35. The molecule has 2 aromatic rings. The molecule has 7 nitrogen and oxygen atoms in total. The highest BCUT2D eigenvalue weighted by molar-refractivity contribution is 5.91. The summed E-state index contributed by atoms with van der Waals surface area (Å²) in [4.78, 5) is 26.6. The highest BCUT2D eigenvalue weighted by atomic mass is 16.6. The number of carbonyl (C=O) groups is 2. The summed E-state index contributed by atoms with van der Waals surface area (Å²) in [5.74, 6) is -0.274. The summed E-state index contributed by atoms with van der Waals surface area (Å²) in [6, 6.07) is 15.0. The van der Waals surface area contributed by atoms with Gasteiger partial charge in [0.1, 0.15) is 5.60 Å². The predicted molar refractivity (Wildman–Crippen MR) is 128 cm³/mol. The number of nitriles is 1. The lowest BCUT2D eigenvalue weighted by Crippen LogP contribution is -2.42. The maximum absolute atomic E-state index is 12.4. The van der Waals surface area contributed by atoms with Crippen LogP contribution >= 0.6 is 0 Å². The number of amides is 1. The molecule has 1 heterocycles. The van der Waals surface area contributed by atoms with E-state index in [0.717, 1.165) is 29.5 Å². The van der Waals surface area contributed by atoms with Gasteiger partial charge in [0.25, 0.3) is 0 Å². The summed E-state index contributed by atoms with van der Waals surface area (Å²) in [6.45, 7) is 6.73. The van der Waals surface area contributed by atoms with Crippen LogP contribution in [0.2, 0.25) is 0 Å². The molecule has 1 unspecified atom stereocenters. The van der Waals surface area contributed by atoms with Crippen LogP contribution in [0.5, 0.6) is 0 Å². The molecule has 2 aromatic carbocycles. The number of hydrogen-bond acceptors (Lipinski definition) is 6. The van der Waals surface area contributed by atoms with Gasteiger partial charge in [-0.1, -0.05) is 12.1 Å². The van der Waals surface area contributed by atoms with Gasteiger partial charge in [0.2, 0.25) is 0 Å². The van der Waals surface area contributed by atoms with Crippen LogP contribution in [0.25, 0.3) is 11.1 Å². The van der Waals surface area contributed by atoms with Gasteiger partial charge in [-0.25, -0.2) is 9.59 Å². The first-order valence-electron chi connectivity index (χ1n) is 11.4. The van der Waals surface area contributed by atoms with Gasteiger partial charge in [-0.15, -0.1) is 0 Å². The van der Waals surface area contributed by atoms with Crippen LogP contribution in [0.3, 0.4) is 0 Å². The molecule has 1 atom stereocenters. The van der Waals surface area contributed by atoms with E-state index in [1.54, 1.807) is 36.3 Å². The van der Waals surface area contributed by atoms with Crippen molar-refractivity contribution in [3.8, 4) is 17.2 Å². The van der Waals surface area contributed by atoms with Crippen molar-refractivity contribution in [1.82, 2.24) is 4.90 Å². The van der Waals surface area contributed by atoms with Crippen LogP contribution in [-0.4, -0.2) is 49.9 Å². The van der Waals surface area contributed by atoms with Crippen LogP contribution in [0, 0.1) is 17.2 Å². The Hall–Kier alpha value is -3.37. The van der Waals surface area contributed by atoms with E-state index in [4.69, 9.17) is 14.2 Å². The number of rotatable bonds is 5. The topological polar surface area (TPSA) is 88.9 Å². The number of ether oxygens (including phenoxy) is 3. The van der Waals surface area contributed by atoms with Crippen molar-refractivity contribution in [2.45, 2.75) is 45.3 Å². The maximum Gasteiger partial charge on any atom is 0.410 e. The van der Waals surface area contributed by atoms with Crippen molar-refractivity contribution >= 4 is 12.1 Å². The van der Waals surface area contributed by atoms with Crippen molar-refractivity contribution in [2.75, 3.05) is 27.3 Å². The Morgan fingerprint density at radius 2 is 1.76 bits per heavy atom. The molecule has 0 radical (unpaired) electrons. The number of carbonyl (C=O) groups excluding carboxylic acids is 2. The molecule has 0 aromatic heterocycles. The molecule has 0 bridgehead atoms. The average molecular weight is 465 g/mol. The summed E-state index contributed by atoms with van der Waals surface area (Å²) in [5, 5.41) is 9.28. The van der Waals surface area contributed by atoms with Gasteiger partial charge < -0.3 is 19.1 Å². The van der Waals surface area contributed by atoms with E-state index < -0.39 is 11.6 Å². The van der Waals surface area contributed by atoms with Crippen molar-refractivity contribution < 1.29 is 23.8 Å². The molecule has 7 heteroatoms. The van der Waals surface area contributed by atoms with Crippen molar-refractivity contribution in [1.29, 1.82) is 5.26 Å². The number of benzene rings is 2. The summed E-state index contributed by atoms with van der Waals surface area (Å²) >= 11 is 0. The van der Waals surface area contributed by atoms with E-state index in [2.05, 4.69) is 6.07 Å². The van der Waals surface area contributed by atoms with E-state index in [0.29, 0.717) is 24.2 Å². The van der Waals surface area contributed by atoms with Crippen LogP contribution in [0.4, 0.5) is 4.79 Å². The Bertz CT molecular complexity index is 1080. The fraction of sp³-hybridized carbons (Fsp3) is 0.444. The fourth-order valence-electron chi connectivity index (χ4n) is 4.30. The van der Waals surface area contributed by atoms with Crippen molar-refractivity contribution in [2.24, 2.45) is 5.92 Å². The lowest BCUT2D eigenvalue weighted by atomic mass is 9.85. The minimum Gasteiger partial charge on any atom is -0.465 e. The third-order valence-electron chi connectivity index (χ3n) is 5.90. The van der Waals surface area contributed by atoms with Gasteiger partial charge in [0.15, 0.2) is 0 Å². The van der Waals surface area contributed by atoms with Crippen molar-refractivity contribution in [3.63, 3.8) is 0 Å². The number of methoxy groups -OCH3 is 2. The lowest BCUT2D eigenvalue weighted by molar-refractivity contribution is -0.00236. The Balaban J connectivity index is 1.87. The molecular weight excluding hydrogens is 432 g/mol. The number of piperidine rings is 1. The first kappa shape index (κ1) is 25.3. The van der Waals surface area contributed by atoms with E-state index in [1.165, 1.54) is 7.11 Å². The Labute approximate surface area is 201 Å². The van der Waals surface area contributed by atoms with E-state index >= 15 is 0 Å². The Kier molecular flexibility index (Phi) is 7.95. The minimum absolute atomic E-state index is 0.162. The zero-order valence-electron chi connectivity index (χ0n) is 20.5. The second kappa shape index (κ2) is 10.7. The van der Waals surface area contributed by atoms with Crippen LogP contribution < -0.4 is 0 Å². The van der Waals surface area contributed by atoms with Gasteiger partial charge in [0, 0.05) is 20.2 Å². The summed E-state index contributed by atoms with van der Waals surface area (Å²) in [5.41, 5.74) is 2.93. The molecule has 1 fully saturated rings. The van der Waals surface area contributed by atoms with Gasteiger partial charge in [0.05, 0.1) is 30.4 Å². The van der Waals surface area contributed by atoms with Gasteiger partial charge in [-0.05, 0) is 86.6 Å². The van der Waals surface area contributed by atoms with Crippen LogP contribution in [0.1, 0.15) is 61.2 Å². The van der Waals surface area contributed by atoms with Gasteiger partial charge >= 0.3 is 12.1 Å². The highest BCUT2D eigenvalue weighted by Crippen LogP contribution is 2.36. The Morgan fingerprint density at radius 1 is 1.06 bits per heavy atom. The second-order valence-corrected chi connectivity index (χ2v) is 9.49. The molecule has 1 amide bonds. The monoisotopic (exact) mass is 464 g/mol. The zero-order valence-corrected chi connectivity index (χ0v) is 20.5. The second-order valence-electron chi connectivity index (χ2n) is 9.49. The van der Waals surface area contributed by atoms with Gasteiger partial charge in [-0.3, -0.25) is 0 Å². The van der Waals surface area contributed by atoms with E-state index in [-0.39, 0.29) is 18.1 Å². The lowest BCUT2D eigenvalue weighted by Gasteiger charge is -2.36. The summed E-state index contributed by atoms with van der Waals surface area (Å²) < 4.78 is 16.4. The van der Waals surface area contributed by atoms with Crippen LogP contribution in [0.15, 0.2) is 42.5 Å². The summed E-state index contributed by atoms with van der Waals surface area (Å²) in [6.07, 6.45) is 0.939. The van der Waals surface area contributed by atoms with Crippen LogP contribution in [-0.2, 0) is 14.2 Å². The third kappa shape index (κ3) is 6.15. The standard InChI is InChI=1S/C27H32N2O5/c1-27(2,3)34-26(31)29-11-9-19(10-12-29)24(32-4)22-14-21(15-23(16-22)25(30)33-5)20-8-6-7-18(13-20)17-28/h6-8,13-16,19,24H,9-12H2,1-5H3. The number of esters is 1. The van der Waals surface area contributed by atoms with Gasteiger partial charge in [-0.2, -0.15) is 5.26 Å². The fourth-order valence-corrected chi connectivity index (χ4v) is 4.30. The molecule has 34 heavy (non-hydrogen) atoms. The molecule has 0 aliphatic carbocycles. The maximum atomic E-state index is 12.4. The third-order valence-corrected chi connectivity index (χ3v) is 5.90. The summed E-state index contributed by atoms with van der Waals surface area (Å²) in [7, 11) is 3.01. The number of hydrogen-bond donors (Lipinski definition) is 0. The molecule has 0 spiro atoms. The first-order chi connectivity index (χ1) is 16.1. The van der Waals surface area contributed by atoms with E-state index in [1.807, 2.05) is 39.0 Å². The first-order valence-corrected chi connectivity index (χ1v) is 11.4. The number of likely N-dealkylation sites (tertiary alicyclic amines) is 1.